The van der Waals surface area contributed by atoms with Crippen molar-refractivity contribution in [2.24, 2.45) is 5.41 Å². The van der Waals surface area contributed by atoms with E-state index in [-0.39, 0.29) is 30.7 Å². The molecule has 3 rings (SSSR count). The molecular weight excluding hydrogens is 336 g/mol. The number of thioether (sulfide) groups is 1. The van der Waals surface area contributed by atoms with E-state index in [0.717, 1.165) is 31.2 Å². The summed E-state index contributed by atoms with van der Waals surface area (Å²) in [5.41, 5.74) is 0.517. The first-order chi connectivity index (χ1) is 11.9. The van der Waals surface area contributed by atoms with Crippen LogP contribution in [0.1, 0.15) is 37.7 Å². The second kappa shape index (κ2) is 7.20. The van der Waals surface area contributed by atoms with Crippen molar-refractivity contribution in [1.82, 2.24) is 9.80 Å². The van der Waals surface area contributed by atoms with E-state index in [4.69, 9.17) is 0 Å². The standard InChI is InChI=1S/C19H24N2O3S/c1-20(12-14-5-7-15(25-2)8-6-14)17(23)13-21-16(22)11-19(18(21)24)9-3-4-10-19/h5-8H,3-4,9-13H2,1-2H3. The quantitative estimate of drug-likeness (QED) is 0.598. The van der Waals surface area contributed by atoms with E-state index in [1.807, 2.05) is 30.5 Å². The zero-order chi connectivity index (χ0) is 18.0. The number of imide groups is 1. The first-order valence-electron chi connectivity index (χ1n) is 8.67. The van der Waals surface area contributed by atoms with Crippen LogP contribution < -0.4 is 0 Å². The van der Waals surface area contributed by atoms with Crippen LogP contribution in [-0.4, -0.2) is 47.4 Å². The number of carbonyl (C=O) groups excluding carboxylic acids is 3. The summed E-state index contributed by atoms with van der Waals surface area (Å²) in [6, 6.07) is 8.04. The number of nitrogens with zero attached hydrogens (tertiary/aromatic N) is 2. The van der Waals surface area contributed by atoms with E-state index in [9.17, 15) is 14.4 Å². The zero-order valence-electron chi connectivity index (χ0n) is 14.8. The summed E-state index contributed by atoms with van der Waals surface area (Å²) >= 11 is 1.67. The van der Waals surface area contributed by atoms with Gasteiger partial charge < -0.3 is 4.90 Å². The average molecular weight is 360 g/mol. The second-order valence-corrected chi connectivity index (χ2v) is 7.93. The van der Waals surface area contributed by atoms with Crippen molar-refractivity contribution >= 4 is 29.5 Å². The molecule has 0 atom stereocenters. The number of hydrogen-bond acceptors (Lipinski definition) is 4. The number of likely N-dealkylation sites (tertiary alicyclic amines) is 1. The molecule has 0 N–H and O–H groups in total. The lowest BCUT2D eigenvalue weighted by Gasteiger charge is -2.23. The lowest BCUT2D eigenvalue weighted by molar-refractivity contribution is -0.147. The number of benzene rings is 1. The maximum Gasteiger partial charge on any atom is 0.242 e. The number of likely N-dealkylation sites (N-methyl/N-ethyl adjacent to an activating group) is 1. The van der Waals surface area contributed by atoms with Crippen molar-refractivity contribution < 1.29 is 14.4 Å². The second-order valence-electron chi connectivity index (χ2n) is 7.05. The highest BCUT2D eigenvalue weighted by Gasteiger charge is 2.52. The Balaban J connectivity index is 1.61. The molecule has 0 aromatic heterocycles. The minimum absolute atomic E-state index is 0.138. The normalized spacial score (nSPS) is 19.0. The fraction of sp³-hybridized carbons (Fsp3) is 0.526. The van der Waals surface area contributed by atoms with Crippen LogP contribution >= 0.6 is 11.8 Å². The van der Waals surface area contributed by atoms with Gasteiger partial charge in [0.25, 0.3) is 0 Å². The Morgan fingerprint density at radius 3 is 2.44 bits per heavy atom. The highest BCUT2D eigenvalue weighted by atomic mass is 32.2. The molecule has 1 saturated carbocycles. The number of rotatable bonds is 5. The van der Waals surface area contributed by atoms with Crippen molar-refractivity contribution in [3.63, 3.8) is 0 Å². The number of carbonyl (C=O) groups is 3. The molecule has 2 fully saturated rings. The lowest BCUT2D eigenvalue weighted by Crippen LogP contribution is -2.42. The molecule has 1 saturated heterocycles. The Hall–Kier alpha value is -1.82. The highest BCUT2D eigenvalue weighted by Crippen LogP contribution is 2.46. The van der Waals surface area contributed by atoms with Crippen molar-refractivity contribution in [2.45, 2.75) is 43.5 Å². The molecule has 1 aliphatic carbocycles. The van der Waals surface area contributed by atoms with Gasteiger partial charge in [-0.2, -0.15) is 0 Å². The predicted molar refractivity (Wildman–Crippen MR) is 96.9 cm³/mol. The summed E-state index contributed by atoms with van der Waals surface area (Å²) in [5, 5.41) is 0. The van der Waals surface area contributed by atoms with Crippen molar-refractivity contribution in [2.75, 3.05) is 19.8 Å². The predicted octanol–water partition coefficient (Wildman–Crippen LogP) is 2.69. The van der Waals surface area contributed by atoms with Gasteiger partial charge in [-0.25, -0.2) is 0 Å². The monoisotopic (exact) mass is 360 g/mol. The molecule has 1 heterocycles. The molecule has 2 aliphatic rings. The van der Waals surface area contributed by atoms with Crippen molar-refractivity contribution in [1.29, 1.82) is 0 Å². The highest BCUT2D eigenvalue weighted by molar-refractivity contribution is 7.98. The van der Waals surface area contributed by atoms with Crippen molar-refractivity contribution in [3.8, 4) is 0 Å². The molecule has 1 spiro atoms. The van der Waals surface area contributed by atoms with Crippen LogP contribution in [0.25, 0.3) is 0 Å². The van der Waals surface area contributed by atoms with Crippen LogP contribution in [0.5, 0.6) is 0 Å². The molecule has 6 heteroatoms. The molecule has 1 aromatic carbocycles. The van der Waals surface area contributed by atoms with Gasteiger partial charge in [0.15, 0.2) is 0 Å². The van der Waals surface area contributed by atoms with Gasteiger partial charge in [0.1, 0.15) is 6.54 Å². The molecular formula is C19H24N2O3S. The molecule has 1 aliphatic heterocycles. The molecule has 134 valence electrons. The molecule has 3 amide bonds. The van der Waals surface area contributed by atoms with Gasteiger partial charge in [-0.05, 0) is 36.8 Å². The first kappa shape index (κ1) is 18.0. The van der Waals surface area contributed by atoms with E-state index < -0.39 is 5.41 Å². The van der Waals surface area contributed by atoms with E-state index in [0.29, 0.717) is 6.54 Å². The van der Waals surface area contributed by atoms with Gasteiger partial charge in [0.2, 0.25) is 17.7 Å². The Morgan fingerprint density at radius 2 is 1.84 bits per heavy atom. The fourth-order valence-electron chi connectivity index (χ4n) is 3.81. The molecule has 0 unspecified atom stereocenters. The van der Waals surface area contributed by atoms with Crippen LogP contribution in [0.15, 0.2) is 29.2 Å². The van der Waals surface area contributed by atoms with Crippen LogP contribution in [0.2, 0.25) is 0 Å². The smallest absolute Gasteiger partial charge is 0.242 e. The maximum atomic E-state index is 12.7. The van der Waals surface area contributed by atoms with Gasteiger partial charge in [-0.1, -0.05) is 25.0 Å². The minimum atomic E-state index is -0.510. The number of hydrogen-bond donors (Lipinski definition) is 0. The third-order valence-electron chi connectivity index (χ3n) is 5.35. The Morgan fingerprint density at radius 1 is 1.20 bits per heavy atom. The molecule has 25 heavy (non-hydrogen) atoms. The van der Waals surface area contributed by atoms with Crippen LogP contribution in [0.4, 0.5) is 0 Å². The Bertz CT molecular complexity index is 680. The van der Waals surface area contributed by atoms with Gasteiger partial charge in [-0.3, -0.25) is 19.3 Å². The largest absolute Gasteiger partial charge is 0.340 e. The first-order valence-corrected chi connectivity index (χ1v) is 9.89. The third-order valence-corrected chi connectivity index (χ3v) is 6.09. The molecule has 1 aromatic rings. The van der Waals surface area contributed by atoms with E-state index in [1.54, 1.807) is 23.7 Å². The van der Waals surface area contributed by atoms with Gasteiger partial charge in [-0.15, -0.1) is 11.8 Å². The Kier molecular flexibility index (Phi) is 5.18. The van der Waals surface area contributed by atoms with Crippen LogP contribution in [0, 0.1) is 5.41 Å². The lowest BCUT2D eigenvalue weighted by atomic mass is 9.84. The summed E-state index contributed by atoms with van der Waals surface area (Å²) in [7, 11) is 1.71. The van der Waals surface area contributed by atoms with Crippen molar-refractivity contribution in [3.05, 3.63) is 29.8 Å². The van der Waals surface area contributed by atoms with Crippen LogP contribution in [-0.2, 0) is 20.9 Å². The fourth-order valence-corrected chi connectivity index (χ4v) is 4.22. The summed E-state index contributed by atoms with van der Waals surface area (Å²) in [6.45, 7) is 0.327. The minimum Gasteiger partial charge on any atom is -0.340 e. The van der Waals surface area contributed by atoms with Crippen LogP contribution in [0.3, 0.4) is 0 Å². The SMILES string of the molecule is CSc1ccc(CN(C)C(=O)CN2C(=O)CC3(CCCC3)C2=O)cc1. The van der Waals surface area contributed by atoms with Gasteiger partial charge in [0, 0.05) is 24.9 Å². The maximum absolute atomic E-state index is 12.7. The molecule has 0 bridgehead atoms. The van der Waals surface area contributed by atoms with E-state index in [1.165, 1.54) is 9.80 Å². The average Bonchev–Trinajstić information content (AvgIpc) is 3.16. The summed E-state index contributed by atoms with van der Waals surface area (Å²) in [4.78, 5) is 41.4. The molecule has 0 radical (unpaired) electrons. The zero-order valence-corrected chi connectivity index (χ0v) is 15.6. The Labute approximate surface area is 152 Å². The third kappa shape index (κ3) is 3.59. The van der Waals surface area contributed by atoms with Gasteiger partial charge in [0.05, 0.1) is 5.41 Å². The summed E-state index contributed by atoms with van der Waals surface area (Å²) in [5.74, 6) is -0.537. The van der Waals surface area contributed by atoms with Gasteiger partial charge >= 0.3 is 0 Å². The topological polar surface area (TPSA) is 57.7 Å². The summed E-state index contributed by atoms with van der Waals surface area (Å²) < 4.78 is 0. The summed E-state index contributed by atoms with van der Waals surface area (Å²) in [6.07, 6.45) is 5.84. The number of amides is 3. The van der Waals surface area contributed by atoms with E-state index >= 15 is 0 Å². The van der Waals surface area contributed by atoms with E-state index in [2.05, 4.69) is 0 Å². The molecule has 5 nitrogen and oxygen atoms in total.